The summed E-state index contributed by atoms with van der Waals surface area (Å²) < 4.78 is 11.6. The molecule has 180 valence electrons. The highest BCUT2D eigenvalue weighted by Crippen LogP contribution is 2.45. The van der Waals surface area contributed by atoms with Gasteiger partial charge in [-0.25, -0.2) is 4.98 Å². The van der Waals surface area contributed by atoms with Crippen LogP contribution >= 0.6 is 23.7 Å². The SMILES string of the molecule is COc1c(C(C)(C)C)cc(-c2nc(C3(N(C)C)CCOCC3)sc2C)cc1C(C)(C)C.Cl. The van der Waals surface area contributed by atoms with Crippen molar-refractivity contribution < 1.29 is 9.47 Å². The van der Waals surface area contributed by atoms with Crippen LogP contribution in [0.3, 0.4) is 0 Å². The first-order valence-electron chi connectivity index (χ1n) is 11.3. The molecule has 2 aromatic rings. The number of aryl methyl sites for hydroxylation is 1. The highest BCUT2D eigenvalue weighted by molar-refractivity contribution is 7.12. The van der Waals surface area contributed by atoms with E-state index in [0.717, 1.165) is 37.5 Å². The Morgan fingerprint density at radius 3 is 1.91 bits per heavy atom. The summed E-state index contributed by atoms with van der Waals surface area (Å²) in [5.74, 6) is 1.01. The molecule has 1 aliphatic heterocycles. The first-order valence-corrected chi connectivity index (χ1v) is 12.1. The Bertz CT molecular complexity index is 897. The quantitative estimate of drug-likeness (QED) is 0.487. The summed E-state index contributed by atoms with van der Waals surface area (Å²) in [5.41, 5.74) is 4.67. The molecule has 0 aliphatic carbocycles. The molecular weight excluding hydrogens is 440 g/mol. The van der Waals surface area contributed by atoms with E-state index in [1.54, 1.807) is 7.11 Å². The van der Waals surface area contributed by atoms with Gasteiger partial charge in [0.25, 0.3) is 0 Å². The van der Waals surface area contributed by atoms with Gasteiger partial charge >= 0.3 is 0 Å². The fraction of sp³-hybridized carbons (Fsp3) is 0.654. The van der Waals surface area contributed by atoms with Gasteiger partial charge in [-0.15, -0.1) is 23.7 Å². The lowest BCUT2D eigenvalue weighted by Gasteiger charge is -2.41. The molecule has 0 saturated carbocycles. The van der Waals surface area contributed by atoms with Crippen LogP contribution in [0.15, 0.2) is 12.1 Å². The van der Waals surface area contributed by atoms with Gasteiger partial charge in [-0.2, -0.15) is 0 Å². The minimum atomic E-state index is -0.0435. The van der Waals surface area contributed by atoms with E-state index in [1.807, 2.05) is 11.3 Å². The molecule has 1 aliphatic rings. The summed E-state index contributed by atoms with van der Waals surface area (Å²) in [6.45, 7) is 17.3. The van der Waals surface area contributed by atoms with Crippen molar-refractivity contribution in [1.82, 2.24) is 9.88 Å². The first kappa shape index (κ1) is 27.1. The van der Waals surface area contributed by atoms with Crippen LogP contribution in [0.4, 0.5) is 0 Å². The number of ether oxygens (including phenoxy) is 2. The molecule has 0 radical (unpaired) electrons. The van der Waals surface area contributed by atoms with Crippen LogP contribution in [0.1, 0.15) is 75.4 Å². The Labute approximate surface area is 205 Å². The summed E-state index contributed by atoms with van der Waals surface area (Å²) in [6, 6.07) is 4.60. The lowest BCUT2D eigenvalue weighted by atomic mass is 9.78. The molecule has 0 amide bonds. The molecule has 1 aromatic heterocycles. The lowest BCUT2D eigenvalue weighted by Crippen LogP contribution is -2.45. The molecule has 0 spiro atoms. The average molecular weight is 481 g/mol. The Hall–Kier alpha value is -1.14. The van der Waals surface area contributed by atoms with Crippen LogP contribution in [0.2, 0.25) is 0 Å². The van der Waals surface area contributed by atoms with Crippen molar-refractivity contribution in [3.63, 3.8) is 0 Å². The number of rotatable bonds is 4. The number of methoxy groups -OCH3 is 1. The Morgan fingerprint density at radius 2 is 1.50 bits per heavy atom. The van der Waals surface area contributed by atoms with E-state index in [9.17, 15) is 0 Å². The maximum atomic E-state index is 5.96. The molecule has 0 N–H and O–H groups in total. The summed E-state index contributed by atoms with van der Waals surface area (Å²) in [4.78, 5) is 8.89. The van der Waals surface area contributed by atoms with Crippen LogP contribution in [0.5, 0.6) is 5.75 Å². The maximum Gasteiger partial charge on any atom is 0.126 e. The number of aromatic nitrogens is 1. The van der Waals surface area contributed by atoms with Crippen LogP contribution in [-0.2, 0) is 21.1 Å². The van der Waals surface area contributed by atoms with Gasteiger partial charge in [-0.1, -0.05) is 41.5 Å². The summed E-state index contributed by atoms with van der Waals surface area (Å²) in [5, 5.41) is 1.21. The largest absolute Gasteiger partial charge is 0.496 e. The molecule has 32 heavy (non-hydrogen) atoms. The Balaban J connectivity index is 0.00000363. The van der Waals surface area contributed by atoms with Gasteiger partial charge in [0, 0.05) is 34.8 Å². The number of benzene rings is 1. The van der Waals surface area contributed by atoms with E-state index < -0.39 is 0 Å². The highest BCUT2D eigenvalue weighted by Gasteiger charge is 2.40. The van der Waals surface area contributed by atoms with Crippen molar-refractivity contribution in [3.8, 4) is 17.0 Å². The van der Waals surface area contributed by atoms with Gasteiger partial charge in [0.2, 0.25) is 0 Å². The van der Waals surface area contributed by atoms with Crippen molar-refractivity contribution in [2.75, 3.05) is 34.4 Å². The van der Waals surface area contributed by atoms with Crippen LogP contribution in [0, 0.1) is 6.92 Å². The molecule has 0 bridgehead atoms. The molecule has 1 fully saturated rings. The predicted octanol–water partition coefficient (Wildman–Crippen LogP) is 6.71. The molecule has 1 saturated heterocycles. The summed E-state index contributed by atoms with van der Waals surface area (Å²) in [7, 11) is 6.13. The monoisotopic (exact) mass is 480 g/mol. The fourth-order valence-corrected chi connectivity index (χ4v) is 5.79. The smallest absolute Gasteiger partial charge is 0.126 e. The molecule has 0 atom stereocenters. The zero-order chi connectivity index (χ0) is 23.2. The van der Waals surface area contributed by atoms with Crippen molar-refractivity contribution >= 4 is 23.7 Å². The zero-order valence-corrected chi connectivity index (χ0v) is 23.1. The van der Waals surface area contributed by atoms with Crippen molar-refractivity contribution in [3.05, 3.63) is 33.1 Å². The van der Waals surface area contributed by atoms with Crippen LogP contribution in [0.25, 0.3) is 11.3 Å². The molecule has 1 aromatic carbocycles. The lowest BCUT2D eigenvalue weighted by molar-refractivity contribution is -0.0106. The second-order valence-corrected chi connectivity index (χ2v) is 12.3. The summed E-state index contributed by atoms with van der Waals surface area (Å²) >= 11 is 1.84. The third-order valence-corrected chi connectivity index (χ3v) is 7.72. The van der Waals surface area contributed by atoms with Crippen molar-refractivity contribution in [1.29, 1.82) is 0 Å². The molecule has 6 heteroatoms. The number of hydrogen-bond donors (Lipinski definition) is 0. The second kappa shape index (κ2) is 9.61. The van der Waals surface area contributed by atoms with Gasteiger partial charge in [-0.3, -0.25) is 4.90 Å². The van der Waals surface area contributed by atoms with E-state index in [1.165, 1.54) is 26.6 Å². The Morgan fingerprint density at radius 1 is 1.00 bits per heavy atom. The van der Waals surface area contributed by atoms with Gasteiger partial charge in [0.05, 0.1) is 18.3 Å². The number of hydrogen-bond acceptors (Lipinski definition) is 5. The van der Waals surface area contributed by atoms with Crippen molar-refractivity contribution in [2.45, 2.75) is 77.7 Å². The van der Waals surface area contributed by atoms with Gasteiger partial charge in [0.15, 0.2) is 0 Å². The predicted molar refractivity (Wildman–Crippen MR) is 139 cm³/mol. The van der Waals surface area contributed by atoms with Gasteiger partial charge in [0.1, 0.15) is 10.8 Å². The third-order valence-electron chi connectivity index (χ3n) is 6.55. The third kappa shape index (κ3) is 5.01. The van der Waals surface area contributed by atoms with E-state index in [0.29, 0.717) is 0 Å². The molecular formula is C26H41ClN2O2S. The minimum absolute atomic E-state index is 0. The number of thiazole rings is 1. The molecule has 4 nitrogen and oxygen atoms in total. The summed E-state index contributed by atoms with van der Waals surface area (Å²) in [6.07, 6.45) is 1.96. The number of nitrogens with zero attached hydrogens (tertiary/aromatic N) is 2. The number of halogens is 1. The standard InChI is InChI=1S/C26H40N2O2S.ClH/c1-17-21(27-23(31-17)26(28(8)9)11-13-30-14-12-26)18-15-19(24(2,3)4)22(29-10)20(16-18)25(5,6)7;/h15-16H,11-14H2,1-10H3;1H. The van der Waals surface area contributed by atoms with E-state index in [4.69, 9.17) is 14.5 Å². The second-order valence-electron chi connectivity index (χ2n) is 11.1. The highest BCUT2D eigenvalue weighted by atomic mass is 35.5. The van der Waals surface area contributed by atoms with E-state index in [2.05, 4.69) is 79.6 Å². The van der Waals surface area contributed by atoms with Gasteiger partial charge in [-0.05, 0) is 56.8 Å². The first-order chi connectivity index (χ1) is 14.3. The van der Waals surface area contributed by atoms with Crippen LogP contribution in [-0.4, -0.2) is 44.3 Å². The normalized spacial score (nSPS) is 16.7. The average Bonchev–Trinajstić information content (AvgIpc) is 3.08. The topological polar surface area (TPSA) is 34.6 Å². The molecule has 3 rings (SSSR count). The zero-order valence-electron chi connectivity index (χ0n) is 21.5. The van der Waals surface area contributed by atoms with Crippen molar-refractivity contribution in [2.24, 2.45) is 0 Å². The Kier molecular flexibility index (Phi) is 8.14. The van der Waals surface area contributed by atoms with Crippen LogP contribution < -0.4 is 4.74 Å². The maximum absolute atomic E-state index is 5.96. The minimum Gasteiger partial charge on any atom is -0.496 e. The van der Waals surface area contributed by atoms with E-state index in [-0.39, 0.29) is 28.8 Å². The molecule has 2 heterocycles. The fourth-order valence-electron chi connectivity index (χ4n) is 4.52. The van der Waals surface area contributed by atoms with E-state index >= 15 is 0 Å². The van der Waals surface area contributed by atoms with Gasteiger partial charge < -0.3 is 9.47 Å². The molecule has 0 unspecified atom stereocenters.